The van der Waals surface area contributed by atoms with Gasteiger partial charge in [-0.3, -0.25) is 9.59 Å². The highest BCUT2D eigenvalue weighted by atomic mass is 32.2. The topological polar surface area (TPSA) is 46.2 Å². The number of hydrogen-bond donors (Lipinski definition) is 1. The van der Waals surface area contributed by atoms with Crippen LogP contribution < -0.4 is 5.32 Å². The fourth-order valence-electron chi connectivity index (χ4n) is 2.11. The average Bonchev–Trinajstić information content (AvgIpc) is 2.56. The molecule has 1 atom stereocenters. The first-order valence-corrected chi connectivity index (χ1v) is 8.36. The molecule has 0 saturated heterocycles. The molecule has 0 aliphatic rings. The van der Waals surface area contributed by atoms with Gasteiger partial charge in [0, 0.05) is 4.90 Å². The molecule has 0 aliphatic heterocycles. The molecule has 0 radical (unpaired) electrons. The zero-order chi connectivity index (χ0) is 17.5. The molecule has 0 aromatic heterocycles. The molecule has 2 aromatic carbocycles. The van der Waals surface area contributed by atoms with Gasteiger partial charge in [-0.1, -0.05) is 30.3 Å². The van der Waals surface area contributed by atoms with Crippen LogP contribution in [0, 0.1) is 11.6 Å². The van der Waals surface area contributed by atoms with Crippen molar-refractivity contribution in [2.24, 2.45) is 0 Å². The number of carbonyl (C=O) groups excluding carboxylic acids is 2. The normalized spacial score (nSPS) is 11.8. The monoisotopic (exact) mass is 349 g/mol. The Hall–Kier alpha value is -2.21. The molecule has 24 heavy (non-hydrogen) atoms. The number of hydrogen-bond acceptors (Lipinski definition) is 3. The summed E-state index contributed by atoms with van der Waals surface area (Å²) in [7, 11) is 0. The van der Waals surface area contributed by atoms with Crippen molar-refractivity contribution in [3.05, 3.63) is 65.7 Å². The summed E-state index contributed by atoms with van der Waals surface area (Å²) < 4.78 is 26.6. The maximum atomic E-state index is 13.5. The van der Waals surface area contributed by atoms with Crippen LogP contribution >= 0.6 is 11.8 Å². The van der Waals surface area contributed by atoms with Crippen LogP contribution in [-0.2, 0) is 16.0 Å². The Morgan fingerprint density at radius 2 is 1.83 bits per heavy atom. The van der Waals surface area contributed by atoms with E-state index in [1.54, 1.807) is 0 Å². The summed E-state index contributed by atoms with van der Waals surface area (Å²) in [5.74, 6) is -1.81. The van der Waals surface area contributed by atoms with Gasteiger partial charge in [-0.15, -0.1) is 11.8 Å². The molecule has 0 bridgehead atoms. The molecule has 2 rings (SSSR count). The summed E-state index contributed by atoms with van der Waals surface area (Å²) in [6, 6.07) is 11.8. The fraction of sp³-hybridized carbons (Fsp3) is 0.222. The number of halogens is 2. The Balaban J connectivity index is 1.93. The van der Waals surface area contributed by atoms with Gasteiger partial charge in [0.05, 0.1) is 11.8 Å². The molecule has 0 spiro atoms. The quantitative estimate of drug-likeness (QED) is 0.780. The minimum atomic E-state index is -0.641. The lowest BCUT2D eigenvalue weighted by Crippen LogP contribution is -2.42. The molecule has 0 heterocycles. The summed E-state index contributed by atoms with van der Waals surface area (Å²) in [4.78, 5) is 23.8. The molecule has 0 unspecified atom stereocenters. The number of thioether (sulfide) groups is 1. The third-order valence-corrected chi connectivity index (χ3v) is 4.39. The highest BCUT2D eigenvalue weighted by Gasteiger charge is 2.18. The number of carbonyl (C=O) groups is 2. The molecule has 0 aliphatic carbocycles. The van der Waals surface area contributed by atoms with E-state index in [1.165, 1.54) is 6.92 Å². The average molecular weight is 349 g/mol. The third kappa shape index (κ3) is 5.45. The first kappa shape index (κ1) is 18.1. The second-order valence-electron chi connectivity index (χ2n) is 5.28. The summed E-state index contributed by atoms with van der Waals surface area (Å²) in [5, 5.41) is 2.64. The van der Waals surface area contributed by atoms with Gasteiger partial charge in [0.2, 0.25) is 5.91 Å². The van der Waals surface area contributed by atoms with Crippen LogP contribution in [0.5, 0.6) is 0 Å². The van der Waals surface area contributed by atoms with Crippen LogP contribution in [0.25, 0.3) is 0 Å². The van der Waals surface area contributed by atoms with Crippen molar-refractivity contribution in [2.45, 2.75) is 24.3 Å². The fourth-order valence-corrected chi connectivity index (χ4v) is 2.89. The molecule has 1 N–H and O–H groups in total. The smallest absolute Gasteiger partial charge is 0.230 e. The van der Waals surface area contributed by atoms with E-state index < -0.39 is 23.6 Å². The molecular formula is C18H17F2NO2S. The SMILES string of the molecule is CC(=O)[C@@H](Cc1ccccc1)NC(=O)CSc1cc(F)ccc1F. The van der Waals surface area contributed by atoms with E-state index in [0.29, 0.717) is 6.42 Å². The van der Waals surface area contributed by atoms with Crippen LogP contribution in [-0.4, -0.2) is 23.5 Å². The van der Waals surface area contributed by atoms with E-state index in [1.807, 2.05) is 30.3 Å². The van der Waals surface area contributed by atoms with Crippen molar-refractivity contribution >= 4 is 23.5 Å². The molecule has 1 amide bonds. The minimum Gasteiger partial charge on any atom is -0.345 e. The maximum absolute atomic E-state index is 13.5. The van der Waals surface area contributed by atoms with E-state index in [-0.39, 0.29) is 16.4 Å². The number of benzene rings is 2. The minimum absolute atomic E-state index is 0.0626. The van der Waals surface area contributed by atoms with Gasteiger partial charge in [-0.05, 0) is 37.1 Å². The van der Waals surface area contributed by atoms with Gasteiger partial charge in [0.25, 0.3) is 0 Å². The van der Waals surface area contributed by atoms with Gasteiger partial charge < -0.3 is 5.32 Å². The number of ketones is 1. The number of rotatable bonds is 7. The van der Waals surface area contributed by atoms with Crippen molar-refractivity contribution in [3.63, 3.8) is 0 Å². The van der Waals surface area contributed by atoms with Crippen molar-refractivity contribution < 1.29 is 18.4 Å². The first-order chi connectivity index (χ1) is 11.5. The van der Waals surface area contributed by atoms with Crippen molar-refractivity contribution in [3.8, 4) is 0 Å². The highest BCUT2D eigenvalue weighted by molar-refractivity contribution is 8.00. The lowest BCUT2D eigenvalue weighted by Gasteiger charge is -2.16. The summed E-state index contributed by atoms with van der Waals surface area (Å²) in [6.45, 7) is 1.41. The second-order valence-corrected chi connectivity index (χ2v) is 6.30. The van der Waals surface area contributed by atoms with Crippen LogP contribution in [0.1, 0.15) is 12.5 Å². The van der Waals surface area contributed by atoms with Gasteiger partial charge in [0.1, 0.15) is 11.6 Å². The highest BCUT2D eigenvalue weighted by Crippen LogP contribution is 2.22. The third-order valence-electron chi connectivity index (χ3n) is 3.36. The van der Waals surface area contributed by atoms with Crippen molar-refractivity contribution in [1.82, 2.24) is 5.32 Å². The first-order valence-electron chi connectivity index (χ1n) is 7.37. The largest absolute Gasteiger partial charge is 0.345 e. The second kappa shape index (κ2) is 8.59. The van der Waals surface area contributed by atoms with Gasteiger partial charge >= 0.3 is 0 Å². The zero-order valence-corrected chi connectivity index (χ0v) is 13.9. The maximum Gasteiger partial charge on any atom is 0.230 e. The van der Waals surface area contributed by atoms with Crippen LogP contribution in [0.4, 0.5) is 8.78 Å². The van der Waals surface area contributed by atoms with E-state index in [9.17, 15) is 18.4 Å². The van der Waals surface area contributed by atoms with Gasteiger partial charge in [0.15, 0.2) is 5.78 Å². The molecular weight excluding hydrogens is 332 g/mol. The van der Waals surface area contributed by atoms with Gasteiger partial charge in [-0.25, -0.2) is 8.78 Å². The molecule has 3 nitrogen and oxygen atoms in total. The van der Waals surface area contributed by atoms with Crippen LogP contribution in [0.2, 0.25) is 0 Å². The Kier molecular flexibility index (Phi) is 6.49. The predicted octanol–water partition coefficient (Wildman–Crippen LogP) is 3.37. The molecule has 6 heteroatoms. The molecule has 0 fully saturated rings. The lowest BCUT2D eigenvalue weighted by atomic mass is 10.0. The van der Waals surface area contributed by atoms with Gasteiger partial charge in [-0.2, -0.15) is 0 Å². The van der Waals surface area contributed by atoms with E-state index in [2.05, 4.69) is 5.32 Å². The summed E-state index contributed by atoms with van der Waals surface area (Å²) >= 11 is 0.891. The Morgan fingerprint density at radius 1 is 1.12 bits per heavy atom. The Morgan fingerprint density at radius 3 is 2.50 bits per heavy atom. The number of Topliss-reactive ketones (excluding diaryl/α,β-unsaturated/α-hetero) is 1. The molecule has 2 aromatic rings. The summed E-state index contributed by atoms with van der Waals surface area (Å²) in [6.07, 6.45) is 0.390. The molecule has 126 valence electrons. The van der Waals surface area contributed by atoms with Crippen LogP contribution in [0.15, 0.2) is 53.4 Å². The Labute approximate surface area is 143 Å². The molecule has 0 saturated carbocycles. The number of nitrogens with one attached hydrogen (secondary N) is 1. The van der Waals surface area contributed by atoms with E-state index in [0.717, 1.165) is 35.5 Å². The zero-order valence-electron chi connectivity index (χ0n) is 13.1. The Bertz CT molecular complexity index is 722. The van der Waals surface area contributed by atoms with E-state index >= 15 is 0 Å². The van der Waals surface area contributed by atoms with Crippen molar-refractivity contribution in [2.75, 3.05) is 5.75 Å². The lowest BCUT2D eigenvalue weighted by molar-refractivity contribution is -0.125. The predicted molar refractivity (Wildman–Crippen MR) is 89.8 cm³/mol. The standard InChI is InChI=1S/C18H17F2NO2S/c1-12(22)16(9-13-5-3-2-4-6-13)21-18(23)11-24-17-10-14(19)7-8-15(17)20/h2-8,10,16H,9,11H2,1H3,(H,21,23)/t16-/m1/s1. The van der Waals surface area contributed by atoms with Crippen LogP contribution in [0.3, 0.4) is 0 Å². The number of amides is 1. The van der Waals surface area contributed by atoms with E-state index in [4.69, 9.17) is 0 Å². The van der Waals surface area contributed by atoms with Crippen molar-refractivity contribution in [1.29, 1.82) is 0 Å². The summed E-state index contributed by atoms with van der Waals surface area (Å²) in [5.41, 5.74) is 0.932.